The molecule has 1 amide bonds. The SMILES string of the molecule is COC(=O)c1ccc(NC(=O)c2ccnc(Nc3cccc4cccnc34)n2)cc1. The number of ether oxygens (including phenoxy) is 1. The van der Waals surface area contributed by atoms with Crippen LogP contribution >= 0.6 is 0 Å². The number of amides is 1. The Morgan fingerprint density at radius 3 is 2.50 bits per heavy atom. The van der Waals surface area contributed by atoms with Gasteiger partial charge in [-0.15, -0.1) is 0 Å². The summed E-state index contributed by atoms with van der Waals surface area (Å²) in [7, 11) is 1.31. The summed E-state index contributed by atoms with van der Waals surface area (Å²) in [5, 5.41) is 6.84. The molecule has 8 heteroatoms. The van der Waals surface area contributed by atoms with Crippen LogP contribution in [0.5, 0.6) is 0 Å². The number of hydrogen-bond donors (Lipinski definition) is 2. The first-order valence-corrected chi connectivity index (χ1v) is 9.07. The molecule has 0 unspecified atom stereocenters. The number of anilines is 3. The van der Waals surface area contributed by atoms with Gasteiger partial charge in [0.2, 0.25) is 5.95 Å². The van der Waals surface area contributed by atoms with Crippen LogP contribution in [0.2, 0.25) is 0 Å². The highest BCUT2D eigenvalue weighted by atomic mass is 16.5. The average molecular weight is 399 g/mol. The Morgan fingerprint density at radius 2 is 1.70 bits per heavy atom. The van der Waals surface area contributed by atoms with Crippen LogP contribution in [-0.4, -0.2) is 33.9 Å². The van der Waals surface area contributed by atoms with Gasteiger partial charge in [-0.2, -0.15) is 0 Å². The zero-order chi connectivity index (χ0) is 20.9. The van der Waals surface area contributed by atoms with Gasteiger partial charge in [-0.1, -0.05) is 18.2 Å². The molecule has 0 fully saturated rings. The van der Waals surface area contributed by atoms with Crippen molar-refractivity contribution in [3.05, 3.63) is 84.3 Å². The third-order valence-electron chi connectivity index (χ3n) is 4.33. The smallest absolute Gasteiger partial charge is 0.337 e. The van der Waals surface area contributed by atoms with Gasteiger partial charge in [0.15, 0.2) is 0 Å². The number of fused-ring (bicyclic) bond motifs is 1. The number of benzene rings is 2. The summed E-state index contributed by atoms with van der Waals surface area (Å²) in [6.45, 7) is 0. The quantitative estimate of drug-likeness (QED) is 0.492. The van der Waals surface area contributed by atoms with E-state index in [9.17, 15) is 9.59 Å². The predicted octanol–water partition coefficient (Wildman–Crippen LogP) is 3.81. The van der Waals surface area contributed by atoms with E-state index in [1.54, 1.807) is 30.5 Å². The van der Waals surface area contributed by atoms with Crippen molar-refractivity contribution in [2.45, 2.75) is 0 Å². The van der Waals surface area contributed by atoms with Crippen LogP contribution < -0.4 is 10.6 Å². The molecule has 0 bridgehead atoms. The number of esters is 1. The molecule has 2 N–H and O–H groups in total. The maximum Gasteiger partial charge on any atom is 0.337 e. The molecule has 0 saturated heterocycles. The molecule has 4 rings (SSSR count). The zero-order valence-electron chi connectivity index (χ0n) is 16.0. The largest absolute Gasteiger partial charge is 0.465 e. The predicted molar refractivity (Wildman–Crippen MR) is 113 cm³/mol. The first-order chi connectivity index (χ1) is 14.6. The Balaban J connectivity index is 1.51. The van der Waals surface area contributed by atoms with Crippen LogP contribution in [0, 0.1) is 0 Å². The minimum atomic E-state index is -0.442. The molecule has 30 heavy (non-hydrogen) atoms. The standard InChI is InChI=1S/C22H17N5O3/c1-30-21(29)15-7-9-16(10-8-15)25-20(28)18-11-13-24-22(27-18)26-17-6-2-4-14-5-3-12-23-19(14)17/h2-13H,1H3,(H,25,28)(H,24,26,27). The number of carbonyl (C=O) groups is 2. The fourth-order valence-electron chi connectivity index (χ4n) is 2.87. The Labute approximate surface area is 172 Å². The van der Waals surface area contributed by atoms with E-state index in [2.05, 4.69) is 30.3 Å². The number of pyridine rings is 1. The molecule has 0 atom stereocenters. The number of para-hydroxylation sites is 1. The second-order valence-corrected chi connectivity index (χ2v) is 6.29. The maximum absolute atomic E-state index is 12.6. The Kier molecular flexibility index (Phi) is 5.29. The van der Waals surface area contributed by atoms with Crippen molar-refractivity contribution in [2.75, 3.05) is 17.7 Å². The molecule has 0 aliphatic rings. The Hall–Kier alpha value is -4.33. The van der Waals surface area contributed by atoms with Crippen LogP contribution in [0.3, 0.4) is 0 Å². The summed E-state index contributed by atoms with van der Waals surface area (Å²) in [4.78, 5) is 36.9. The molecule has 2 aromatic carbocycles. The van der Waals surface area contributed by atoms with E-state index in [-0.39, 0.29) is 11.6 Å². The minimum Gasteiger partial charge on any atom is -0.465 e. The van der Waals surface area contributed by atoms with Crippen LogP contribution in [0.1, 0.15) is 20.8 Å². The monoisotopic (exact) mass is 399 g/mol. The lowest BCUT2D eigenvalue weighted by atomic mass is 10.2. The van der Waals surface area contributed by atoms with E-state index >= 15 is 0 Å². The van der Waals surface area contributed by atoms with E-state index in [0.717, 1.165) is 16.6 Å². The third kappa shape index (κ3) is 4.07. The lowest BCUT2D eigenvalue weighted by molar-refractivity contribution is 0.0600. The molecular weight excluding hydrogens is 382 g/mol. The molecule has 8 nitrogen and oxygen atoms in total. The molecule has 2 aromatic heterocycles. The van der Waals surface area contributed by atoms with Gasteiger partial charge in [0, 0.05) is 23.5 Å². The van der Waals surface area contributed by atoms with E-state index in [0.29, 0.717) is 11.3 Å². The average Bonchev–Trinajstić information content (AvgIpc) is 2.79. The van der Waals surface area contributed by atoms with Crippen molar-refractivity contribution in [2.24, 2.45) is 0 Å². The first kappa shape index (κ1) is 19.0. The molecule has 0 aliphatic carbocycles. The number of nitrogens with one attached hydrogen (secondary N) is 2. The van der Waals surface area contributed by atoms with Crippen molar-refractivity contribution in [1.29, 1.82) is 0 Å². The van der Waals surface area contributed by atoms with Gasteiger partial charge in [-0.3, -0.25) is 9.78 Å². The number of rotatable bonds is 5. The Morgan fingerprint density at radius 1 is 0.900 bits per heavy atom. The maximum atomic E-state index is 12.6. The molecule has 0 radical (unpaired) electrons. The Bertz CT molecular complexity index is 1220. The van der Waals surface area contributed by atoms with Crippen molar-refractivity contribution < 1.29 is 14.3 Å². The molecule has 0 spiro atoms. The van der Waals surface area contributed by atoms with Crippen molar-refractivity contribution >= 4 is 40.1 Å². The summed E-state index contributed by atoms with van der Waals surface area (Å²) in [6.07, 6.45) is 3.22. The highest BCUT2D eigenvalue weighted by Gasteiger charge is 2.11. The van der Waals surface area contributed by atoms with Gasteiger partial charge in [0.1, 0.15) is 5.69 Å². The lowest BCUT2D eigenvalue weighted by Gasteiger charge is -2.09. The first-order valence-electron chi connectivity index (χ1n) is 9.07. The second kappa shape index (κ2) is 8.36. The van der Waals surface area contributed by atoms with Gasteiger partial charge < -0.3 is 15.4 Å². The van der Waals surface area contributed by atoms with Crippen LogP contribution in [-0.2, 0) is 4.74 Å². The molecule has 148 valence electrons. The number of carbonyl (C=O) groups excluding carboxylic acids is 2. The number of nitrogens with zero attached hydrogens (tertiary/aromatic N) is 3. The van der Waals surface area contributed by atoms with E-state index < -0.39 is 11.9 Å². The number of methoxy groups -OCH3 is 1. The summed E-state index contributed by atoms with van der Waals surface area (Å²) in [5.74, 6) is -0.563. The van der Waals surface area contributed by atoms with Crippen LogP contribution in [0.15, 0.2) is 73.1 Å². The zero-order valence-corrected chi connectivity index (χ0v) is 16.0. The third-order valence-corrected chi connectivity index (χ3v) is 4.33. The van der Waals surface area contributed by atoms with Gasteiger partial charge in [-0.25, -0.2) is 14.8 Å². The fraction of sp³-hybridized carbons (Fsp3) is 0.0455. The molecule has 0 saturated carbocycles. The number of aromatic nitrogens is 3. The number of hydrogen-bond acceptors (Lipinski definition) is 7. The summed E-state index contributed by atoms with van der Waals surface area (Å²) in [6, 6.07) is 17.5. The molecular formula is C22H17N5O3. The van der Waals surface area contributed by atoms with Crippen molar-refractivity contribution in [3.8, 4) is 0 Å². The summed E-state index contributed by atoms with van der Waals surface area (Å²) < 4.78 is 4.66. The van der Waals surface area contributed by atoms with Crippen LogP contribution in [0.4, 0.5) is 17.3 Å². The van der Waals surface area contributed by atoms with Crippen molar-refractivity contribution in [3.63, 3.8) is 0 Å². The molecule has 0 aliphatic heterocycles. The van der Waals surface area contributed by atoms with E-state index in [1.807, 2.05) is 30.3 Å². The highest BCUT2D eigenvalue weighted by molar-refractivity contribution is 6.03. The molecule has 4 aromatic rings. The van der Waals surface area contributed by atoms with E-state index in [1.165, 1.54) is 19.4 Å². The second-order valence-electron chi connectivity index (χ2n) is 6.29. The molecule has 2 heterocycles. The van der Waals surface area contributed by atoms with Gasteiger partial charge in [-0.05, 0) is 42.5 Å². The normalized spacial score (nSPS) is 10.4. The lowest BCUT2D eigenvalue weighted by Crippen LogP contribution is -2.15. The van der Waals surface area contributed by atoms with Gasteiger partial charge in [0.05, 0.1) is 23.9 Å². The summed E-state index contributed by atoms with van der Waals surface area (Å²) >= 11 is 0. The van der Waals surface area contributed by atoms with Crippen LogP contribution in [0.25, 0.3) is 10.9 Å². The summed E-state index contributed by atoms with van der Waals surface area (Å²) in [5.41, 5.74) is 2.64. The minimum absolute atomic E-state index is 0.192. The van der Waals surface area contributed by atoms with Gasteiger partial charge in [0.25, 0.3) is 5.91 Å². The van der Waals surface area contributed by atoms with Gasteiger partial charge >= 0.3 is 5.97 Å². The highest BCUT2D eigenvalue weighted by Crippen LogP contribution is 2.23. The van der Waals surface area contributed by atoms with E-state index in [4.69, 9.17) is 0 Å². The van der Waals surface area contributed by atoms with Crippen molar-refractivity contribution in [1.82, 2.24) is 15.0 Å². The topological polar surface area (TPSA) is 106 Å². The fourth-order valence-corrected chi connectivity index (χ4v) is 2.87.